The second-order valence-electron chi connectivity index (χ2n) is 3.33. The molecule has 0 atom stereocenters. The Labute approximate surface area is 88.6 Å². The van der Waals surface area contributed by atoms with Crippen LogP contribution in [0.4, 0.5) is 0 Å². The molecule has 80 valence electrons. The van der Waals surface area contributed by atoms with Crippen LogP contribution in [0, 0.1) is 5.92 Å². The first-order valence-corrected chi connectivity index (χ1v) is 6.15. The van der Waals surface area contributed by atoms with Crippen LogP contribution in [-0.4, -0.2) is 29.9 Å². The number of thioether (sulfide) groups is 1. The van der Waals surface area contributed by atoms with Gasteiger partial charge in [-0.2, -0.15) is 11.8 Å². The van der Waals surface area contributed by atoms with Gasteiger partial charge in [-0.15, -0.1) is 0 Å². The lowest BCUT2D eigenvalue weighted by atomic mass is 9.96. The molecular weight excluding hydrogens is 200 g/mol. The van der Waals surface area contributed by atoms with Crippen LogP contribution in [0.25, 0.3) is 0 Å². The van der Waals surface area contributed by atoms with E-state index in [1.807, 2.05) is 11.8 Å². The third kappa shape index (κ3) is 3.70. The predicted molar refractivity (Wildman–Crippen MR) is 56.3 cm³/mol. The second-order valence-corrected chi connectivity index (χ2v) is 4.56. The first kappa shape index (κ1) is 11.6. The summed E-state index contributed by atoms with van der Waals surface area (Å²) in [5.74, 6) is 1.86. The molecule has 0 saturated carbocycles. The molecule has 0 aromatic heterocycles. The van der Waals surface area contributed by atoms with Gasteiger partial charge in [-0.1, -0.05) is 0 Å². The summed E-state index contributed by atoms with van der Waals surface area (Å²) >= 11 is 1.88. The van der Waals surface area contributed by atoms with Gasteiger partial charge in [0.05, 0.1) is 6.61 Å². The summed E-state index contributed by atoms with van der Waals surface area (Å²) < 4.78 is 4.74. The summed E-state index contributed by atoms with van der Waals surface area (Å²) in [6.45, 7) is 2.10. The minimum Gasteiger partial charge on any atom is -0.466 e. The first-order chi connectivity index (χ1) is 6.74. The molecule has 1 heterocycles. The van der Waals surface area contributed by atoms with Crippen LogP contribution < -0.4 is 0 Å². The van der Waals surface area contributed by atoms with Gasteiger partial charge >= 0.3 is 5.97 Å². The molecule has 3 nitrogen and oxygen atoms in total. The first-order valence-electron chi connectivity index (χ1n) is 5.00. The number of ketones is 1. The molecule has 1 fully saturated rings. The van der Waals surface area contributed by atoms with Crippen LogP contribution in [-0.2, 0) is 14.3 Å². The fraction of sp³-hybridized carbons (Fsp3) is 0.800. The zero-order valence-electron chi connectivity index (χ0n) is 8.45. The summed E-state index contributed by atoms with van der Waals surface area (Å²) in [5, 5.41) is 0. The Morgan fingerprint density at radius 1 is 1.36 bits per heavy atom. The lowest BCUT2D eigenvalue weighted by Crippen LogP contribution is -2.23. The van der Waals surface area contributed by atoms with E-state index in [-0.39, 0.29) is 24.1 Å². The van der Waals surface area contributed by atoms with E-state index in [4.69, 9.17) is 4.74 Å². The maximum absolute atomic E-state index is 11.6. The number of hydrogen-bond donors (Lipinski definition) is 0. The summed E-state index contributed by atoms with van der Waals surface area (Å²) in [4.78, 5) is 22.6. The van der Waals surface area contributed by atoms with Crippen molar-refractivity contribution in [2.45, 2.75) is 26.2 Å². The molecule has 0 amide bonds. The van der Waals surface area contributed by atoms with Gasteiger partial charge < -0.3 is 4.74 Å². The molecular formula is C10H16O3S. The third-order valence-electron chi connectivity index (χ3n) is 2.30. The minimum atomic E-state index is -0.379. The highest BCUT2D eigenvalue weighted by molar-refractivity contribution is 7.99. The Morgan fingerprint density at radius 2 is 2.00 bits per heavy atom. The fourth-order valence-electron chi connectivity index (χ4n) is 1.52. The average molecular weight is 216 g/mol. The Balaban J connectivity index is 2.29. The number of rotatable bonds is 4. The molecule has 0 bridgehead atoms. The normalized spacial score (nSPS) is 17.8. The van der Waals surface area contributed by atoms with E-state index < -0.39 is 0 Å². The van der Waals surface area contributed by atoms with Crippen molar-refractivity contribution in [3.8, 4) is 0 Å². The van der Waals surface area contributed by atoms with Crippen molar-refractivity contribution in [3.05, 3.63) is 0 Å². The third-order valence-corrected chi connectivity index (χ3v) is 3.35. The van der Waals surface area contributed by atoms with Crippen LogP contribution in [0.15, 0.2) is 0 Å². The van der Waals surface area contributed by atoms with Gasteiger partial charge in [-0.3, -0.25) is 9.59 Å². The number of carbonyl (C=O) groups is 2. The molecule has 0 aliphatic carbocycles. The van der Waals surface area contributed by atoms with E-state index in [1.165, 1.54) is 0 Å². The highest BCUT2D eigenvalue weighted by Gasteiger charge is 2.23. The van der Waals surface area contributed by atoms with Crippen LogP contribution in [0.3, 0.4) is 0 Å². The summed E-state index contributed by atoms with van der Waals surface area (Å²) in [7, 11) is 0. The highest BCUT2D eigenvalue weighted by Crippen LogP contribution is 2.24. The van der Waals surface area contributed by atoms with E-state index in [9.17, 15) is 9.59 Å². The zero-order chi connectivity index (χ0) is 10.4. The van der Waals surface area contributed by atoms with Crippen LogP contribution >= 0.6 is 11.8 Å². The minimum absolute atomic E-state index is 0.0385. The monoisotopic (exact) mass is 216 g/mol. The van der Waals surface area contributed by atoms with Crippen molar-refractivity contribution < 1.29 is 14.3 Å². The predicted octanol–water partition coefficient (Wildman–Crippen LogP) is 1.65. The summed E-state index contributed by atoms with van der Waals surface area (Å²) in [6.07, 6.45) is 1.80. The van der Waals surface area contributed by atoms with Crippen molar-refractivity contribution in [3.63, 3.8) is 0 Å². The average Bonchev–Trinajstić information content (AvgIpc) is 2.19. The van der Waals surface area contributed by atoms with Gasteiger partial charge in [0.15, 0.2) is 0 Å². The van der Waals surface area contributed by atoms with Crippen molar-refractivity contribution >= 4 is 23.5 Å². The molecule has 0 radical (unpaired) electrons. The van der Waals surface area contributed by atoms with E-state index in [1.54, 1.807) is 6.92 Å². The fourth-order valence-corrected chi connectivity index (χ4v) is 2.62. The van der Waals surface area contributed by atoms with E-state index in [0.29, 0.717) is 6.61 Å². The van der Waals surface area contributed by atoms with Gasteiger partial charge in [0.2, 0.25) is 0 Å². The molecule has 1 rings (SSSR count). The number of carbonyl (C=O) groups excluding carboxylic acids is 2. The van der Waals surface area contributed by atoms with Crippen molar-refractivity contribution in [1.82, 2.24) is 0 Å². The maximum atomic E-state index is 11.6. The SMILES string of the molecule is CCOC(=O)CC(=O)C1CCSCC1. The van der Waals surface area contributed by atoms with E-state index in [2.05, 4.69) is 0 Å². The van der Waals surface area contributed by atoms with Crippen LogP contribution in [0.2, 0.25) is 0 Å². The molecule has 0 unspecified atom stereocenters. The molecule has 1 aliphatic rings. The Bertz CT molecular complexity index is 209. The van der Waals surface area contributed by atoms with Gasteiger partial charge in [0.25, 0.3) is 0 Å². The van der Waals surface area contributed by atoms with E-state index in [0.717, 1.165) is 24.3 Å². The lowest BCUT2D eigenvalue weighted by Gasteiger charge is -2.19. The highest BCUT2D eigenvalue weighted by atomic mass is 32.2. The summed E-state index contributed by atoms with van der Waals surface area (Å²) in [6, 6.07) is 0. The van der Waals surface area contributed by atoms with Crippen LogP contribution in [0.5, 0.6) is 0 Å². The molecule has 0 aromatic rings. The summed E-state index contributed by atoms with van der Waals surface area (Å²) in [5.41, 5.74) is 0. The zero-order valence-corrected chi connectivity index (χ0v) is 9.27. The number of hydrogen-bond acceptors (Lipinski definition) is 4. The number of ether oxygens (including phenoxy) is 1. The molecule has 0 spiro atoms. The quantitative estimate of drug-likeness (QED) is 0.529. The van der Waals surface area contributed by atoms with Crippen molar-refractivity contribution in [1.29, 1.82) is 0 Å². The number of Topliss-reactive ketones (excluding diaryl/α,β-unsaturated/α-hetero) is 1. The van der Waals surface area contributed by atoms with Gasteiger partial charge in [-0.05, 0) is 31.3 Å². The largest absolute Gasteiger partial charge is 0.466 e. The van der Waals surface area contributed by atoms with Crippen molar-refractivity contribution in [2.75, 3.05) is 18.1 Å². The lowest BCUT2D eigenvalue weighted by molar-refractivity contribution is -0.146. The van der Waals surface area contributed by atoms with Gasteiger partial charge in [-0.25, -0.2) is 0 Å². The second kappa shape index (κ2) is 6.06. The van der Waals surface area contributed by atoms with E-state index >= 15 is 0 Å². The smallest absolute Gasteiger partial charge is 0.313 e. The molecule has 0 aromatic carbocycles. The topological polar surface area (TPSA) is 43.4 Å². The van der Waals surface area contributed by atoms with Crippen LogP contribution in [0.1, 0.15) is 26.2 Å². The Kier molecular flexibility index (Phi) is 5.01. The number of esters is 1. The molecule has 14 heavy (non-hydrogen) atoms. The molecule has 0 N–H and O–H groups in total. The standard InChI is InChI=1S/C10H16O3S/c1-2-13-10(12)7-9(11)8-3-5-14-6-4-8/h8H,2-7H2,1H3. The molecule has 1 aliphatic heterocycles. The van der Waals surface area contributed by atoms with Gasteiger partial charge in [0.1, 0.15) is 12.2 Å². The molecule has 1 saturated heterocycles. The maximum Gasteiger partial charge on any atom is 0.313 e. The van der Waals surface area contributed by atoms with Crippen molar-refractivity contribution in [2.24, 2.45) is 5.92 Å². The molecule has 4 heteroatoms. The van der Waals surface area contributed by atoms with Gasteiger partial charge in [0, 0.05) is 5.92 Å². The Hall–Kier alpha value is -0.510. The Morgan fingerprint density at radius 3 is 2.57 bits per heavy atom.